The third-order valence-electron chi connectivity index (χ3n) is 8.53. The van der Waals surface area contributed by atoms with Gasteiger partial charge in [0, 0.05) is 36.9 Å². The second-order valence-corrected chi connectivity index (χ2v) is 9.79. The molecule has 31 heavy (non-hydrogen) atoms. The van der Waals surface area contributed by atoms with Crippen LogP contribution in [0.3, 0.4) is 0 Å². The molecule has 0 N–H and O–H groups in total. The summed E-state index contributed by atoms with van der Waals surface area (Å²) < 4.78 is 0. The number of benzene rings is 3. The van der Waals surface area contributed by atoms with Crippen LogP contribution < -0.4 is 0 Å². The molecule has 0 amide bonds. The molecule has 2 nitrogen and oxygen atoms in total. The molecule has 2 bridgehead atoms. The van der Waals surface area contributed by atoms with Crippen LogP contribution in [0.25, 0.3) is 0 Å². The number of nitriles is 1. The molecule has 2 heteroatoms. The molecule has 1 heterocycles. The molecule has 7 rings (SSSR count). The van der Waals surface area contributed by atoms with E-state index in [0.29, 0.717) is 18.3 Å². The van der Waals surface area contributed by atoms with Gasteiger partial charge in [0.1, 0.15) is 0 Å². The van der Waals surface area contributed by atoms with Crippen molar-refractivity contribution in [1.82, 2.24) is 4.90 Å². The van der Waals surface area contributed by atoms with E-state index >= 15 is 0 Å². The highest BCUT2D eigenvalue weighted by molar-refractivity contribution is 5.54. The second kappa shape index (κ2) is 7.08. The average Bonchev–Trinajstić information content (AvgIpc) is 3.21. The Morgan fingerprint density at radius 2 is 1.61 bits per heavy atom. The number of fused-ring (bicyclic) bond motifs is 1. The van der Waals surface area contributed by atoms with Crippen LogP contribution in [0, 0.1) is 22.7 Å². The molecule has 4 unspecified atom stereocenters. The van der Waals surface area contributed by atoms with Crippen molar-refractivity contribution in [1.29, 1.82) is 5.26 Å². The topological polar surface area (TPSA) is 27.0 Å². The first-order chi connectivity index (χ1) is 15.3. The van der Waals surface area contributed by atoms with Crippen LogP contribution in [-0.4, -0.2) is 18.0 Å². The maximum atomic E-state index is 10.00. The Hall–Kier alpha value is -2.89. The average molecular weight is 405 g/mol. The van der Waals surface area contributed by atoms with Gasteiger partial charge in [-0.1, -0.05) is 84.9 Å². The molecule has 4 atom stereocenters. The standard InChI is InChI=1S/C29H28N2/c30-18-17-28-21-31(19-22-9-3-1-4-10-22)20-27(28)29(23-11-5-2-6-12-23)16-15-25(28)24-13-7-8-14-26(24)29/h1-14,25,27H,15-17,19-21H2. The summed E-state index contributed by atoms with van der Waals surface area (Å²) in [5.74, 6) is 0.958. The Morgan fingerprint density at radius 1 is 0.903 bits per heavy atom. The van der Waals surface area contributed by atoms with E-state index < -0.39 is 0 Å². The Kier molecular flexibility index (Phi) is 4.30. The molecular formula is C29H28N2. The minimum atomic E-state index is 0.00882. The van der Waals surface area contributed by atoms with Crippen LogP contribution in [0.4, 0.5) is 0 Å². The summed E-state index contributed by atoms with van der Waals surface area (Å²) in [6.45, 7) is 3.06. The zero-order valence-corrected chi connectivity index (χ0v) is 17.9. The van der Waals surface area contributed by atoms with Gasteiger partial charge in [-0.2, -0.15) is 5.26 Å². The van der Waals surface area contributed by atoms with Gasteiger partial charge in [0.2, 0.25) is 0 Å². The van der Waals surface area contributed by atoms with E-state index in [9.17, 15) is 5.26 Å². The molecule has 3 aromatic carbocycles. The normalized spacial score (nSPS) is 31.1. The van der Waals surface area contributed by atoms with Crippen molar-refractivity contribution in [2.75, 3.05) is 13.1 Å². The first kappa shape index (κ1) is 18.8. The first-order valence-electron chi connectivity index (χ1n) is 11.6. The third-order valence-corrected chi connectivity index (χ3v) is 8.53. The summed E-state index contributed by atoms with van der Waals surface area (Å²) in [6, 6.07) is 33.8. The molecular weight excluding hydrogens is 376 g/mol. The van der Waals surface area contributed by atoms with Gasteiger partial charge in [-0.3, -0.25) is 4.90 Å². The number of hydrogen-bond acceptors (Lipinski definition) is 2. The van der Waals surface area contributed by atoms with Gasteiger partial charge in [0.05, 0.1) is 6.07 Å². The molecule has 154 valence electrons. The lowest BCUT2D eigenvalue weighted by molar-refractivity contribution is 0.0380. The van der Waals surface area contributed by atoms with Gasteiger partial charge >= 0.3 is 0 Å². The van der Waals surface area contributed by atoms with Crippen molar-refractivity contribution in [2.24, 2.45) is 11.3 Å². The Morgan fingerprint density at radius 3 is 2.39 bits per heavy atom. The van der Waals surface area contributed by atoms with Gasteiger partial charge < -0.3 is 0 Å². The fourth-order valence-corrected chi connectivity index (χ4v) is 7.51. The predicted octanol–water partition coefficient (Wildman–Crippen LogP) is 5.90. The maximum Gasteiger partial charge on any atom is 0.0628 e. The molecule has 0 radical (unpaired) electrons. The third kappa shape index (κ3) is 2.60. The molecule has 4 aliphatic rings. The number of rotatable bonds is 4. The molecule has 3 aromatic rings. The molecule has 0 aromatic heterocycles. The minimum absolute atomic E-state index is 0.00882. The van der Waals surface area contributed by atoms with Crippen molar-refractivity contribution in [3.05, 3.63) is 107 Å². The van der Waals surface area contributed by atoms with Gasteiger partial charge in [0.15, 0.2) is 0 Å². The van der Waals surface area contributed by atoms with E-state index in [0.717, 1.165) is 19.6 Å². The number of likely N-dealkylation sites (tertiary alicyclic amines) is 1. The molecule has 1 saturated heterocycles. The van der Waals surface area contributed by atoms with Gasteiger partial charge in [0.25, 0.3) is 0 Å². The smallest absolute Gasteiger partial charge is 0.0628 e. The van der Waals surface area contributed by atoms with Crippen LogP contribution >= 0.6 is 0 Å². The first-order valence-corrected chi connectivity index (χ1v) is 11.6. The zero-order chi connectivity index (χ0) is 20.9. The summed E-state index contributed by atoms with van der Waals surface area (Å²) in [6.07, 6.45) is 3.02. The lowest BCUT2D eigenvalue weighted by Gasteiger charge is -2.61. The largest absolute Gasteiger partial charge is 0.298 e. The lowest BCUT2D eigenvalue weighted by atomic mass is 9.41. The monoisotopic (exact) mass is 404 g/mol. The van der Waals surface area contributed by atoms with Crippen molar-refractivity contribution in [3.63, 3.8) is 0 Å². The van der Waals surface area contributed by atoms with Gasteiger partial charge in [-0.05, 0) is 46.9 Å². The molecule has 1 aliphatic heterocycles. The summed E-state index contributed by atoms with van der Waals surface area (Å²) in [7, 11) is 0. The minimum Gasteiger partial charge on any atom is -0.298 e. The Balaban J connectivity index is 1.52. The van der Waals surface area contributed by atoms with Gasteiger partial charge in [-0.25, -0.2) is 0 Å². The highest BCUT2D eigenvalue weighted by Crippen LogP contribution is 2.69. The lowest BCUT2D eigenvalue weighted by Crippen LogP contribution is -2.57. The van der Waals surface area contributed by atoms with E-state index in [1.807, 2.05) is 0 Å². The van der Waals surface area contributed by atoms with Crippen LogP contribution in [0.2, 0.25) is 0 Å². The number of nitrogens with zero attached hydrogens (tertiary/aromatic N) is 2. The number of hydrogen-bond donors (Lipinski definition) is 0. The van der Waals surface area contributed by atoms with Crippen LogP contribution in [0.15, 0.2) is 84.9 Å². The van der Waals surface area contributed by atoms with E-state index in [4.69, 9.17) is 0 Å². The van der Waals surface area contributed by atoms with Crippen LogP contribution in [-0.2, 0) is 12.0 Å². The fourth-order valence-electron chi connectivity index (χ4n) is 7.51. The zero-order valence-electron chi connectivity index (χ0n) is 17.9. The maximum absolute atomic E-state index is 10.00. The summed E-state index contributed by atoms with van der Waals surface area (Å²) in [5.41, 5.74) is 5.88. The molecule has 2 fully saturated rings. The van der Waals surface area contributed by atoms with Crippen LogP contribution in [0.5, 0.6) is 0 Å². The highest BCUT2D eigenvalue weighted by Gasteiger charge is 2.66. The quantitative estimate of drug-likeness (QED) is 0.542. The summed E-state index contributed by atoms with van der Waals surface area (Å²) >= 11 is 0. The summed E-state index contributed by atoms with van der Waals surface area (Å²) in [4.78, 5) is 2.64. The fraction of sp³-hybridized carbons (Fsp3) is 0.345. The molecule has 1 saturated carbocycles. The van der Waals surface area contributed by atoms with Crippen LogP contribution in [0.1, 0.15) is 47.4 Å². The van der Waals surface area contributed by atoms with E-state index in [1.54, 1.807) is 0 Å². The van der Waals surface area contributed by atoms with Crippen molar-refractivity contribution in [2.45, 2.75) is 37.1 Å². The molecule has 0 spiro atoms. The predicted molar refractivity (Wildman–Crippen MR) is 124 cm³/mol. The van der Waals surface area contributed by atoms with Crippen molar-refractivity contribution < 1.29 is 0 Å². The highest BCUT2D eigenvalue weighted by atomic mass is 15.2. The Bertz CT molecular complexity index is 1130. The second-order valence-electron chi connectivity index (χ2n) is 9.79. The van der Waals surface area contributed by atoms with E-state index in [1.165, 1.54) is 35.1 Å². The van der Waals surface area contributed by atoms with E-state index in [-0.39, 0.29) is 10.8 Å². The van der Waals surface area contributed by atoms with Crippen molar-refractivity contribution in [3.8, 4) is 6.07 Å². The molecule has 3 aliphatic carbocycles. The van der Waals surface area contributed by atoms with Crippen molar-refractivity contribution >= 4 is 0 Å². The SMILES string of the molecule is N#CCC12CN(Cc3ccccc3)CC1C1(c3ccccc3)CCC2c2ccccc21. The van der Waals surface area contributed by atoms with E-state index in [2.05, 4.69) is 95.9 Å². The van der Waals surface area contributed by atoms with Gasteiger partial charge in [-0.15, -0.1) is 0 Å². The summed E-state index contributed by atoms with van der Waals surface area (Å²) in [5, 5.41) is 10.00. The Labute approximate surface area is 185 Å².